The standard InChI is InChI=1S/C30H23F3N2O5S/c1-3-39-28(37)24-25(18-7-5-4-6-8-18)34-30-35(26(24)19-10-12-20(31)13-11-19)27(36)23(41-30)16-17-9-14-21(40-29(32)33)22(15-17)38-2/h4-16,26,29H,3H2,1-2H3/b23-16+/t26-/m0/s1. The van der Waals surface area contributed by atoms with Crippen molar-refractivity contribution < 1.29 is 32.2 Å². The summed E-state index contributed by atoms with van der Waals surface area (Å²) in [5.74, 6) is -1.21. The molecule has 0 saturated heterocycles. The van der Waals surface area contributed by atoms with Crippen molar-refractivity contribution in [1.29, 1.82) is 0 Å². The lowest BCUT2D eigenvalue weighted by Gasteiger charge is -2.25. The van der Waals surface area contributed by atoms with Crippen LogP contribution in [0.2, 0.25) is 0 Å². The Hall–Kier alpha value is -4.64. The molecular formula is C30H23F3N2O5S. The molecule has 11 heteroatoms. The van der Waals surface area contributed by atoms with E-state index >= 15 is 0 Å². The summed E-state index contributed by atoms with van der Waals surface area (Å²) in [5.41, 5.74) is 1.63. The summed E-state index contributed by atoms with van der Waals surface area (Å²) in [5, 5.41) is 0. The number of nitrogens with zero attached hydrogens (tertiary/aromatic N) is 2. The van der Waals surface area contributed by atoms with Crippen LogP contribution in [0.4, 0.5) is 13.2 Å². The van der Waals surface area contributed by atoms with Gasteiger partial charge in [-0.15, -0.1) is 0 Å². The van der Waals surface area contributed by atoms with Gasteiger partial charge in [0.25, 0.3) is 5.56 Å². The summed E-state index contributed by atoms with van der Waals surface area (Å²) < 4.78 is 56.1. The minimum Gasteiger partial charge on any atom is -0.493 e. The average Bonchev–Trinajstić information content (AvgIpc) is 3.28. The summed E-state index contributed by atoms with van der Waals surface area (Å²) in [6.45, 7) is -1.26. The number of alkyl halides is 2. The van der Waals surface area contributed by atoms with Gasteiger partial charge in [0.2, 0.25) is 0 Å². The molecule has 0 saturated carbocycles. The van der Waals surface area contributed by atoms with Gasteiger partial charge in [-0.25, -0.2) is 14.2 Å². The molecule has 0 unspecified atom stereocenters. The van der Waals surface area contributed by atoms with Gasteiger partial charge in [-0.3, -0.25) is 9.36 Å². The first-order valence-electron chi connectivity index (χ1n) is 12.5. The van der Waals surface area contributed by atoms with Crippen LogP contribution in [0.1, 0.15) is 29.7 Å². The van der Waals surface area contributed by atoms with E-state index in [1.807, 2.05) is 6.07 Å². The molecule has 210 valence electrons. The lowest BCUT2D eigenvalue weighted by atomic mass is 9.93. The molecule has 1 aromatic heterocycles. The van der Waals surface area contributed by atoms with Gasteiger partial charge in [0.1, 0.15) is 5.82 Å². The predicted octanol–water partition coefficient (Wildman–Crippen LogP) is 4.68. The number of hydrogen-bond donors (Lipinski definition) is 0. The van der Waals surface area contributed by atoms with Crippen molar-refractivity contribution >= 4 is 29.1 Å². The Balaban J connectivity index is 1.75. The number of ether oxygens (including phenoxy) is 3. The third-order valence-corrected chi connectivity index (χ3v) is 7.24. The Morgan fingerprint density at radius 3 is 2.46 bits per heavy atom. The first-order valence-corrected chi connectivity index (χ1v) is 13.3. The van der Waals surface area contributed by atoms with E-state index in [0.717, 1.165) is 11.3 Å². The van der Waals surface area contributed by atoms with E-state index in [2.05, 4.69) is 4.74 Å². The van der Waals surface area contributed by atoms with Crippen molar-refractivity contribution in [1.82, 2.24) is 4.57 Å². The van der Waals surface area contributed by atoms with Gasteiger partial charge in [0.15, 0.2) is 16.3 Å². The van der Waals surface area contributed by atoms with Crippen molar-refractivity contribution in [3.63, 3.8) is 0 Å². The van der Waals surface area contributed by atoms with Crippen molar-refractivity contribution in [2.75, 3.05) is 13.7 Å². The van der Waals surface area contributed by atoms with Crippen LogP contribution in [-0.4, -0.2) is 30.9 Å². The van der Waals surface area contributed by atoms with Gasteiger partial charge in [-0.05, 0) is 48.4 Å². The zero-order chi connectivity index (χ0) is 29.1. The van der Waals surface area contributed by atoms with Crippen LogP contribution >= 0.6 is 11.3 Å². The Bertz CT molecular complexity index is 1800. The fourth-order valence-electron chi connectivity index (χ4n) is 4.52. The third kappa shape index (κ3) is 5.66. The van der Waals surface area contributed by atoms with E-state index in [0.29, 0.717) is 27.2 Å². The maximum Gasteiger partial charge on any atom is 0.387 e. The van der Waals surface area contributed by atoms with E-state index < -0.39 is 30.0 Å². The average molecular weight is 581 g/mol. The molecular weight excluding hydrogens is 557 g/mol. The summed E-state index contributed by atoms with van der Waals surface area (Å²) in [6, 6.07) is 17.9. The number of aromatic nitrogens is 1. The fourth-order valence-corrected chi connectivity index (χ4v) is 5.52. The quantitative estimate of drug-likeness (QED) is 0.283. The molecule has 3 aromatic carbocycles. The zero-order valence-corrected chi connectivity index (χ0v) is 22.7. The SMILES string of the molecule is CCOC(=O)C1=C(c2ccccc2)N=c2s/c(=C/c3ccc(OC(F)F)c(OC)c3)c(=O)n2[C@H]1c1ccc(F)cc1. The Labute approximate surface area is 236 Å². The molecule has 7 nitrogen and oxygen atoms in total. The molecule has 4 aromatic rings. The third-order valence-electron chi connectivity index (χ3n) is 6.26. The molecule has 1 atom stereocenters. The number of halogens is 3. The number of methoxy groups -OCH3 is 1. The fraction of sp³-hybridized carbons (Fsp3) is 0.167. The van der Waals surface area contributed by atoms with E-state index in [9.17, 15) is 22.8 Å². The number of hydrogen-bond acceptors (Lipinski definition) is 7. The van der Waals surface area contributed by atoms with E-state index in [1.165, 1.54) is 54.1 Å². The van der Waals surface area contributed by atoms with Crippen LogP contribution in [0.25, 0.3) is 11.8 Å². The maximum atomic E-state index is 13.9. The van der Waals surface area contributed by atoms with Crippen LogP contribution in [0.3, 0.4) is 0 Å². The van der Waals surface area contributed by atoms with Crippen LogP contribution in [0, 0.1) is 5.82 Å². The highest BCUT2D eigenvalue weighted by molar-refractivity contribution is 7.07. The summed E-state index contributed by atoms with van der Waals surface area (Å²) >= 11 is 1.09. The highest BCUT2D eigenvalue weighted by Gasteiger charge is 2.35. The molecule has 0 N–H and O–H groups in total. The van der Waals surface area contributed by atoms with Crippen LogP contribution in [-0.2, 0) is 9.53 Å². The monoisotopic (exact) mass is 580 g/mol. The molecule has 0 radical (unpaired) electrons. The van der Waals surface area contributed by atoms with E-state index in [4.69, 9.17) is 14.5 Å². The van der Waals surface area contributed by atoms with Crippen molar-refractivity contribution in [3.8, 4) is 11.5 Å². The smallest absolute Gasteiger partial charge is 0.387 e. The van der Waals surface area contributed by atoms with E-state index in [-0.39, 0.29) is 28.2 Å². The van der Waals surface area contributed by atoms with Gasteiger partial charge >= 0.3 is 12.6 Å². The highest BCUT2D eigenvalue weighted by atomic mass is 32.1. The highest BCUT2D eigenvalue weighted by Crippen LogP contribution is 2.35. The Morgan fingerprint density at radius 1 is 1.07 bits per heavy atom. The number of esters is 1. The minimum atomic E-state index is -3.03. The largest absolute Gasteiger partial charge is 0.493 e. The van der Waals surface area contributed by atoms with Gasteiger partial charge in [0.05, 0.1) is 35.6 Å². The van der Waals surface area contributed by atoms with Gasteiger partial charge in [-0.1, -0.05) is 59.9 Å². The van der Waals surface area contributed by atoms with Crippen LogP contribution in [0.5, 0.6) is 11.5 Å². The zero-order valence-electron chi connectivity index (χ0n) is 21.8. The van der Waals surface area contributed by atoms with Crippen LogP contribution in [0.15, 0.2) is 88.2 Å². The summed E-state index contributed by atoms with van der Waals surface area (Å²) in [7, 11) is 1.32. The number of carbonyl (C=O) groups excluding carboxylic acids is 1. The number of fused-ring (bicyclic) bond motifs is 1. The molecule has 41 heavy (non-hydrogen) atoms. The number of rotatable bonds is 8. The number of benzene rings is 3. The molecule has 1 aliphatic rings. The van der Waals surface area contributed by atoms with Crippen molar-refractivity contribution in [2.24, 2.45) is 4.99 Å². The van der Waals surface area contributed by atoms with Gasteiger partial charge in [-0.2, -0.15) is 8.78 Å². The van der Waals surface area contributed by atoms with E-state index in [1.54, 1.807) is 37.3 Å². The maximum absolute atomic E-state index is 13.9. The van der Waals surface area contributed by atoms with Crippen LogP contribution < -0.4 is 24.4 Å². The first kappa shape index (κ1) is 27.9. The lowest BCUT2D eigenvalue weighted by Crippen LogP contribution is -2.40. The molecule has 5 rings (SSSR count). The number of thiazole rings is 1. The molecule has 2 heterocycles. The molecule has 0 aliphatic carbocycles. The summed E-state index contributed by atoms with van der Waals surface area (Å²) in [6.07, 6.45) is 1.57. The molecule has 0 bridgehead atoms. The van der Waals surface area contributed by atoms with Gasteiger partial charge in [0, 0.05) is 5.56 Å². The topological polar surface area (TPSA) is 79.1 Å². The Morgan fingerprint density at radius 2 is 1.80 bits per heavy atom. The number of carbonyl (C=O) groups is 1. The molecule has 0 spiro atoms. The first-order chi connectivity index (χ1) is 19.8. The second kappa shape index (κ2) is 11.8. The second-order valence-electron chi connectivity index (χ2n) is 8.77. The van der Waals surface area contributed by atoms with Crippen molar-refractivity contribution in [3.05, 3.63) is 121 Å². The normalized spacial score (nSPS) is 15.0. The van der Waals surface area contributed by atoms with Gasteiger partial charge < -0.3 is 14.2 Å². The summed E-state index contributed by atoms with van der Waals surface area (Å²) in [4.78, 5) is 32.3. The lowest BCUT2D eigenvalue weighted by molar-refractivity contribution is -0.138. The molecule has 0 fully saturated rings. The minimum absolute atomic E-state index is 0.0620. The van der Waals surface area contributed by atoms with Crippen molar-refractivity contribution in [2.45, 2.75) is 19.6 Å². The second-order valence-corrected chi connectivity index (χ2v) is 9.78. The Kier molecular flexibility index (Phi) is 8.06. The predicted molar refractivity (Wildman–Crippen MR) is 147 cm³/mol. The molecule has 0 amide bonds. The molecule has 1 aliphatic heterocycles.